The van der Waals surface area contributed by atoms with Crippen molar-refractivity contribution in [1.82, 2.24) is 9.55 Å². The summed E-state index contributed by atoms with van der Waals surface area (Å²) in [5.41, 5.74) is 2.21. The molecule has 0 aliphatic rings. The molecule has 1 heterocycles. The number of fused-ring (bicyclic) bond motifs is 1. The molecule has 0 aliphatic heterocycles. The van der Waals surface area contributed by atoms with Crippen molar-refractivity contribution in [3.05, 3.63) is 88.7 Å². The van der Waals surface area contributed by atoms with E-state index in [1.807, 2.05) is 66.7 Å². The zero-order valence-corrected chi connectivity index (χ0v) is 19.8. The number of benzene rings is 3. The minimum absolute atomic E-state index is 0.128. The lowest BCUT2D eigenvalue weighted by atomic mass is 10.1. The summed E-state index contributed by atoms with van der Waals surface area (Å²) < 4.78 is 12.3. The third kappa shape index (κ3) is 5.40. The zero-order chi connectivity index (χ0) is 23.9. The van der Waals surface area contributed by atoms with Gasteiger partial charge in [0.15, 0.2) is 16.7 Å². The van der Waals surface area contributed by atoms with Crippen LogP contribution in [0.1, 0.15) is 5.56 Å². The molecule has 0 radical (unpaired) electrons. The summed E-state index contributed by atoms with van der Waals surface area (Å²) in [7, 11) is 3.18. The summed E-state index contributed by atoms with van der Waals surface area (Å²) in [4.78, 5) is 30.5. The van der Waals surface area contributed by atoms with Crippen LogP contribution in [0.15, 0.2) is 82.7 Å². The van der Waals surface area contributed by atoms with E-state index in [-0.39, 0.29) is 17.2 Å². The molecule has 0 saturated carbocycles. The molecule has 1 amide bonds. The highest BCUT2D eigenvalue weighted by Gasteiger charge is 2.14. The molecule has 0 fully saturated rings. The minimum atomic E-state index is -0.162. The van der Waals surface area contributed by atoms with Crippen LogP contribution in [0, 0.1) is 0 Å². The van der Waals surface area contributed by atoms with E-state index in [2.05, 4.69) is 10.3 Å². The van der Waals surface area contributed by atoms with E-state index in [1.165, 1.54) is 11.8 Å². The van der Waals surface area contributed by atoms with Gasteiger partial charge in [0, 0.05) is 12.2 Å². The molecular weight excluding hydrogens is 450 g/mol. The highest BCUT2D eigenvalue weighted by atomic mass is 32.2. The maximum Gasteiger partial charge on any atom is 0.262 e. The van der Waals surface area contributed by atoms with Crippen molar-refractivity contribution in [2.75, 3.05) is 25.3 Å². The number of hydrogen-bond acceptors (Lipinski definition) is 6. The van der Waals surface area contributed by atoms with Gasteiger partial charge in [-0.05, 0) is 48.4 Å². The zero-order valence-electron chi connectivity index (χ0n) is 19.0. The van der Waals surface area contributed by atoms with E-state index in [0.29, 0.717) is 40.5 Å². The molecule has 0 unspecified atom stereocenters. The van der Waals surface area contributed by atoms with Crippen LogP contribution >= 0.6 is 11.8 Å². The van der Waals surface area contributed by atoms with Crippen molar-refractivity contribution in [3.8, 4) is 11.5 Å². The van der Waals surface area contributed by atoms with Crippen LogP contribution in [0.5, 0.6) is 11.5 Å². The lowest BCUT2D eigenvalue weighted by Gasteiger charge is -2.14. The van der Waals surface area contributed by atoms with Gasteiger partial charge in [-0.2, -0.15) is 0 Å². The Hall–Kier alpha value is -3.78. The Bertz CT molecular complexity index is 1360. The number of ether oxygens (including phenoxy) is 2. The molecule has 174 valence electrons. The molecule has 1 aromatic heterocycles. The minimum Gasteiger partial charge on any atom is -0.493 e. The van der Waals surface area contributed by atoms with Gasteiger partial charge in [0.25, 0.3) is 5.56 Å². The molecular formula is C26H25N3O4S. The molecule has 4 rings (SSSR count). The van der Waals surface area contributed by atoms with Crippen molar-refractivity contribution >= 4 is 34.3 Å². The molecule has 1 N–H and O–H groups in total. The Morgan fingerprint density at radius 2 is 1.71 bits per heavy atom. The maximum atomic E-state index is 13.3. The van der Waals surface area contributed by atoms with E-state index in [0.717, 1.165) is 11.3 Å². The number of rotatable bonds is 9. The fourth-order valence-corrected chi connectivity index (χ4v) is 4.41. The summed E-state index contributed by atoms with van der Waals surface area (Å²) in [5, 5.41) is 3.92. The number of hydrogen-bond donors (Lipinski definition) is 1. The maximum absolute atomic E-state index is 13.3. The van der Waals surface area contributed by atoms with E-state index in [1.54, 1.807) is 24.9 Å². The topological polar surface area (TPSA) is 82.5 Å². The molecule has 7 nitrogen and oxygen atoms in total. The van der Waals surface area contributed by atoms with Crippen LogP contribution in [0.3, 0.4) is 0 Å². The Morgan fingerprint density at radius 1 is 0.971 bits per heavy atom. The average Bonchev–Trinajstić information content (AvgIpc) is 2.87. The van der Waals surface area contributed by atoms with Crippen LogP contribution < -0.4 is 20.3 Å². The van der Waals surface area contributed by atoms with E-state index >= 15 is 0 Å². The number of nitrogens with one attached hydrogen (secondary N) is 1. The first-order valence-electron chi connectivity index (χ1n) is 10.8. The average molecular weight is 476 g/mol. The van der Waals surface area contributed by atoms with Gasteiger partial charge >= 0.3 is 0 Å². The van der Waals surface area contributed by atoms with Crippen molar-refractivity contribution in [2.45, 2.75) is 18.1 Å². The second-order valence-corrected chi connectivity index (χ2v) is 8.45. The number of methoxy groups -OCH3 is 2. The highest BCUT2D eigenvalue weighted by molar-refractivity contribution is 7.99. The fraction of sp³-hybridized carbons (Fsp3) is 0.192. The van der Waals surface area contributed by atoms with Crippen LogP contribution in [-0.2, 0) is 17.8 Å². The first-order chi connectivity index (χ1) is 16.6. The number of thioether (sulfide) groups is 1. The largest absolute Gasteiger partial charge is 0.493 e. The number of aryl methyl sites for hydroxylation is 1. The number of amides is 1. The van der Waals surface area contributed by atoms with Gasteiger partial charge in [0.2, 0.25) is 5.91 Å². The third-order valence-electron chi connectivity index (χ3n) is 5.29. The Balaban J connectivity index is 1.57. The van der Waals surface area contributed by atoms with Crippen molar-refractivity contribution in [1.29, 1.82) is 0 Å². The molecule has 0 atom stereocenters. The van der Waals surface area contributed by atoms with Crippen LogP contribution in [0.4, 0.5) is 5.69 Å². The monoisotopic (exact) mass is 475 g/mol. The lowest BCUT2D eigenvalue weighted by Crippen LogP contribution is -2.25. The van der Waals surface area contributed by atoms with Gasteiger partial charge < -0.3 is 14.8 Å². The van der Waals surface area contributed by atoms with Gasteiger partial charge in [-0.25, -0.2) is 4.98 Å². The van der Waals surface area contributed by atoms with Gasteiger partial charge in [0.1, 0.15) is 0 Å². The number of aromatic nitrogens is 2. The summed E-state index contributed by atoms with van der Waals surface area (Å²) >= 11 is 1.25. The van der Waals surface area contributed by atoms with Gasteiger partial charge in [-0.1, -0.05) is 48.2 Å². The normalized spacial score (nSPS) is 10.8. The molecule has 34 heavy (non-hydrogen) atoms. The summed E-state index contributed by atoms with van der Waals surface area (Å²) in [6.07, 6.45) is 0.587. The van der Waals surface area contributed by atoms with Crippen molar-refractivity contribution in [2.24, 2.45) is 0 Å². The van der Waals surface area contributed by atoms with E-state index in [9.17, 15) is 9.59 Å². The van der Waals surface area contributed by atoms with E-state index in [4.69, 9.17) is 9.47 Å². The summed E-state index contributed by atoms with van der Waals surface area (Å²) in [6, 6.07) is 22.2. The molecule has 0 aliphatic carbocycles. The predicted molar refractivity (Wildman–Crippen MR) is 135 cm³/mol. The number of nitrogens with zero attached hydrogens (tertiary/aromatic N) is 2. The molecule has 8 heteroatoms. The standard InChI is InChI=1S/C26H25N3O4S/c1-32-22-13-12-18(16-23(22)33-2)14-15-29-25(31)20-10-6-7-11-21(20)28-26(29)34-17-24(30)27-19-8-4-3-5-9-19/h3-13,16H,14-15,17H2,1-2H3,(H,27,30). The second-order valence-electron chi connectivity index (χ2n) is 7.51. The number of carbonyl (C=O) groups is 1. The van der Waals surface area contributed by atoms with Gasteiger partial charge in [-0.3, -0.25) is 14.2 Å². The van der Waals surface area contributed by atoms with Crippen LogP contribution in [0.2, 0.25) is 0 Å². The Kier molecular flexibility index (Phi) is 7.49. The molecule has 0 bridgehead atoms. The molecule has 4 aromatic rings. The van der Waals surface area contributed by atoms with Gasteiger partial charge in [-0.15, -0.1) is 0 Å². The van der Waals surface area contributed by atoms with Gasteiger partial charge in [0.05, 0.1) is 30.9 Å². The third-order valence-corrected chi connectivity index (χ3v) is 6.26. The Labute approximate surface area is 201 Å². The molecule has 3 aromatic carbocycles. The SMILES string of the molecule is COc1ccc(CCn2c(SCC(=O)Nc3ccccc3)nc3ccccc3c2=O)cc1OC. The van der Waals surface area contributed by atoms with Crippen molar-refractivity contribution in [3.63, 3.8) is 0 Å². The molecule has 0 saturated heterocycles. The number of carbonyl (C=O) groups excluding carboxylic acids is 1. The highest BCUT2D eigenvalue weighted by Crippen LogP contribution is 2.28. The van der Waals surface area contributed by atoms with Crippen LogP contribution in [-0.4, -0.2) is 35.4 Å². The first-order valence-corrected chi connectivity index (χ1v) is 11.8. The number of anilines is 1. The second kappa shape index (κ2) is 10.9. The van der Waals surface area contributed by atoms with E-state index < -0.39 is 0 Å². The fourth-order valence-electron chi connectivity index (χ4n) is 3.58. The van der Waals surface area contributed by atoms with Crippen LogP contribution in [0.25, 0.3) is 10.9 Å². The quantitative estimate of drug-likeness (QED) is 0.286. The summed E-state index contributed by atoms with van der Waals surface area (Å²) in [5.74, 6) is 1.26. The smallest absolute Gasteiger partial charge is 0.262 e. The lowest BCUT2D eigenvalue weighted by molar-refractivity contribution is -0.113. The predicted octanol–water partition coefficient (Wildman–Crippen LogP) is 4.39. The molecule has 0 spiro atoms. The van der Waals surface area contributed by atoms with Crippen molar-refractivity contribution < 1.29 is 14.3 Å². The Morgan fingerprint density at radius 3 is 2.47 bits per heavy atom. The number of para-hydroxylation sites is 2. The first kappa shape index (κ1) is 23.4. The summed E-state index contributed by atoms with van der Waals surface area (Å²) in [6.45, 7) is 0.411.